The van der Waals surface area contributed by atoms with Crippen LogP contribution >= 0.6 is 0 Å². The van der Waals surface area contributed by atoms with Crippen molar-refractivity contribution in [2.24, 2.45) is 0 Å². The van der Waals surface area contributed by atoms with Gasteiger partial charge in [0.15, 0.2) is 0 Å². The molecule has 2 aromatic rings. The van der Waals surface area contributed by atoms with Crippen molar-refractivity contribution in [3.8, 4) is 0 Å². The van der Waals surface area contributed by atoms with Crippen molar-refractivity contribution >= 4 is 11.7 Å². The largest absolute Gasteiger partial charge is 0.361 e. The van der Waals surface area contributed by atoms with Crippen molar-refractivity contribution in [3.05, 3.63) is 46.3 Å². The lowest BCUT2D eigenvalue weighted by Gasteiger charge is -2.25. The van der Waals surface area contributed by atoms with Crippen LogP contribution in [0, 0.1) is 20.8 Å². The number of benzene rings is 1. The van der Waals surface area contributed by atoms with Crippen molar-refractivity contribution in [2.45, 2.75) is 53.0 Å². The Morgan fingerprint density at radius 1 is 1.38 bits per heavy atom. The first-order valence-electron chi connectivity index (χ1n) is 8.61. The second kappa shape index (κ2) is 6.67. The number of aryl methyl sites for hydroxylation is 3. The van der Waals surface area contributed by atoms with Gasteiger partial charge in [0.25, 0.3) is 0 Å². The highest BCUT2D eigenvalue weighted by molar-refractivity contribution is 5.90. The molecule has 2 amide bonds. The van der Waals surface area contributed by atoms with Gasteiger partial charge in [-0.2, -0.15) is 0 Å². The number of nitrogens with zero attached hydrogens (tertiary/aromatic N) is 2. The van der Waals surface area contributed by atoms with Crippen molar-refractivity contribution in [2.75, 3.05) is 11.9 Å². The number of rotatable bonds is 3. The maximum atomic E-state index is 12.9. The Labute approximate surface area is 143 Å². The topological polar surface area (TPSA) is 58.4 Å². The first-order chi connectivity index (χ1) is 11.5. The van der Waals surface area contributed by atoms with Gasteiger partial charge in [-0.05, 0) is 50.8 Å². The van der Waals surface area contributed by atoms with Crippen molar-refractivity contribution < 1.29 is 9.32 Å². The number of anilines is 1. The third-order valence-electron chi connectivity index (χ3n) is 5.00. The van der Waals surface area contributed by atoms with Gasteiger partial charge in [0.1, 0.15) is 5.76 Å². The smallest absolute Gasteiger partial charge is 0.322 e. The summed E-state index contributed by atoms with van der Waals surface area (Å²) in [6.45, 7) is 8.86. The number of carbonyl (C=O) groups excluding carboxylic acids is 1. The van der Waals surface area contributed by atoms with Gasteiger partial charge in [0, 0.05) is 24.2 Å². The SMILES string of the molecule is CCc1onc(C)c1[C@@H]1CCCN1C(=O)Nc1cccc(C)c1C. The van der Waals surface area contributed by atoms with Crippen LogP contribution in [0.25, 0.3) is 0 Å². The van der Waals surface area contributed by atoms with E-state index in [1.54, 1.807) is 0 Å². The summed E-state index contributed by atoms with van der Waals surface area (Å²) in [5.74, 6) is 0.893. The molecular weight excluding hydrogens is 302 g/mol. The van der Waals surface area contributed by atoms with E-state index in [2.05, 4.69) is 30.4 Å². The van der Waals surface area contributed by atoms with E-state index in [0.717, 1.165) is 54.1 Å². The first-order valence-corrected chi connectivity index (χ1v) is 8.61. The van der Waals surface area contributed by atoms with Crippen LogP contribution < -0.4 is 5.32 Å². The third kappa shape index (κ3) is 2.90. The van der Waals surface area contributed by atoms with E-state index in [0.29, 0.717) is 0 Å². The van der Waals surface area contributed by atoms with Gasteiger partial charge in [-0.15, -0.1) is 0 Å². The number of urea groups is 1. The van der Waals surface area contributed by atoms with Crippen molar-refractivity contribution in [1.29, 1.82) is 0 Å². The monoisotopic (exact) mass is 327 g/mol. The average molecular weight is 327 g/mol. The molecule has 1 N–H and O–H groups in total. The molecule has 0 bridgehead atoms. The van der Waals surface area contributed by atoms with Gasteiger partial charge in [-0.1, -0.05) is 24.2 Å². The molecule has 1 aromatic carbocycles. The van der Waals surface area contributed by atoms with Gasteiger partial charge in [-0.25, -0.2) is 4.79 Å². The Hall–Kier alpha value is -2.30. The summed E-state index contributed by atoms with van der Waals surface area (Å²) in [5, 5.41) is 7.18. The molecule has 0 saturated carbocycles. The molecule has 1 fully saturated rings. The minimum Gasteiger partial charge on any atom is -0.361 e. The lowest BCUT2D eigenvalue weighted by molar-refractivity contribution is 0.206. The average Bonchev–Trinajstić information content (AvgIpc) is 3.17. The fourth-order valence-electron chi connectivity index (χ4n) is 3.49. The molecule has 5 nitrogen and oxygen atoms in total. The van der Waals surface area contributed by atoms with Crippen LogP contribution in [-0.4, -0.2) is 22.6 Å². The fourth-order valence-corrected chi connectivity index (χ4v) is 3.49. The Morgan fingerprint density at radius 3 is 2.92 bits per heavy atom. The Bertz CT molecular complexity index is 751. The van der Waals surface area contributed by atoms with Crippen molar-refractivity contribution in [1.82, 2.24) is 10.1 Å². The maximum absolute atomic E-state index is 12.9. The maximum Gasteiger partial charge on any atom is 0.322 e. The summed E-state index contributed by atoms with van der Waals surface area (Å²) in [4.78, 5) is 14.8. The normalized spacial score (nSPS) is 17.3. The van der Waals surface area contributed by atoms with E-state index in [1.165, 1.54) is 5.56 Å². The molecule has 5 heteroatoms. The molecule has 0 unspecified atom stereocenters. The molecule has 0 aliphatic carbocycles. The summed E-state index contributed by atoms with van der Waals surface area (Å²) >= 11 is 0. The Kier molecular flexibility index (Phi) is 4.60. The third-order valence-corrected chi connectivity index (χ3v) is 5.00. The lowest BCUT2D eigenvalue weighted by atomic mass is 10.0. The summed E-state index contributed by atoms with van der Waals surface area (Å²) in [5.41, 5.74) is 5.14. The number of likely N-dealkylation sites (tertiary alicyclic amines) is 1. The number of nitrogens with one attached hydrogen (secondary N) is 1. The highest BCUT2D eigenvalue weighted by Crippen LogP contribution is 2.36. The quantitative estimate of drug-likeness (QED) is 0.901. The predicted molar refractivity (Wildman–Crippen MR) is 94.2 cm³/mol. The molecule has 1 atom stereocenters. The highest BCUT2D eigenvalue weighted by atomic mass is 16.5. The zero-order valence-corrected chi connectivity index (χ0v) is 14.8. The molecule has 3 rings (SSSR count). The molecule has 24 heavy (non-hydrogen) atoms. The minimum atomic E-state index is -0.0474. The summed E-state index contributed by atoms with van der Waals surface area (Å²) in [6.07, 6.45) is 2.74. The van der Waals surface area contributed by atoms with Gasteiger partial charge in [-0.3, -0.25) is 0 Å². The summed E-state index contributed by atoms with van der Waals surface area (Å²) in [6, 6.07) is 5.98. The molecule has 0 spiro atoms. The minimum absolute atomic E-state index is 0.0474. The summed E-state index contributed by atoms with van der Waals surface area (Å²) in [7, 11) is 0. The van der Waals surface area contributed by atoms with E-state index >= 15 is 0 Å². The van der Waals surface area contributed by atoms with Gasteiger partial charge >= 0.3 is 6.03 Å². The zero-order valence-electron chi connectivity index (χ0n) is 14.8. The van der Waals surface area contributed by atoms with E-state index in [1.807, 2.05) is 30.9 Å². The van der Waals surface area contributed by atoms with Crippen LogP contribution in [0.1, 0.15) is 54.0 Å². The number of hydrogen-bond donors (Lipinski definition) is 1. The summed E-state index contributed by atoms with van der Waals surface area (Å²) < 4.78 is 5.43. The van der Waals surface area contributed by atoms with Crippen LogP contribution in [0.15, 0.2) is 22.7 Å². The van der Waals surface area contributed by atoms with Crippen LogP contribution in [0.4, 0.5) is 10.5 Å². The second-order valence-electron chi connectivity index (χ2n) is 6.49. The fraction of sp³-hybridized carbons (Fsp3) is 0.474. The molecule has 1 saturated heterocycles. The van der Waals surface area contributed by atoms with E-state index in [4.69, 9.17) is 4.52 Å². The van der Waals surface area contributed by atoms with E-state index in [9.17, 15) is 4.79 Å². The number of carbonyl (C=O) groups is 1. The number of aromatic nitrogens is 1. The van der Waals surface area contributed by atoms with E-state index < -0.39 is 0 Å². The molecule has 2 heterocycles. The van der Waals surface area contributed by atoms with Crippen LogP contribution in [0.3, 0.4) is 0 Å². The molecule has 0 radical (unpaired) electrons. The van der Waals surface area contributed by atoms with E-state index in [-0.39, 0.29) is 12.1 Å². The predicted octanol–water partition coefficient (Wildman–Crippen LogP) is 4.53. The Morgan fingerprint density at radius 2 is 2.17 bits per heavy atom. The lowest BCUT2D eigenvalue weighted by Crippen LogP contribution is -2.35. The molecule has 1 aliphatic rings. The van der Waals surface area contributed by atoms with Gasteiger partial charge in [0.2, 0.25) is 0 Å². The van der Waals surface area contributed by atoms with Crippen LogP contribution in [-0.2, 0) is 6.42 Å². The molecule has 1 aliphatic heterocycles. The Balaban J connectivity index is 1.84. The van der Waals surface area contributed by atoms with Crippen LogP contribution in [0.2, 0.25) is 0 Å². The van der Waals surface area contributed by atoms with Gasteiger partial charge < -0.3 is 14.7 Å². The highest BCUT2D eigenvalue weighted by Gasteiger charge is 2.34. The first kappa shape index (κ1) is 16.6. The van der Waals surface area contributed by atoms with Crippen molar-refractivity contribution in [3.63, 3.8) is 0 Å². The molecule has 128 valence electrons. The standard InChI is InChI=1S/C19H25N3O2/c1-5-17-18(14(4)21-24-17)16-10-7-11-22(16)19(23)20-15-9-6-8-12(2)13(15)3/h6,8-9,16H,5,7,10-11H2,1-4H3,(H,20,23)/t16-/m0/s1. The molecular formula is C19H25N3O2. The molecule has 1 aromatic heterocycles. The second-order valence-corrected chi connectivity index (χ2v) is 6.49. The number of amides is 2. The number of hydrogen-bond acceptors (Lipinski definition) is 3. The zero-order chi connectivity index (χ0) is 17.3. The van der Waals surface area contributed by atoms with Crippen LogP contribution in [0.5, 0.6) is 0 Å². The van der Waals surface area contributed by atoms with Gasteiger partial charge in [0.05, 0.1) is 11.7 Å².